The third-order valence-corrected chi connectivity index (χ3v) is 19.5. The van der Waals surface area contributed by atoms with Crippen molar-refractivity contribution in [3.05, 3.63) is 23.3 Å². The predicted octanol–water partition coefficient (Wildman–Crippen LogP) is 1.67. The number of methoxy groups -OCH3 is 1. The number of aliphatic hydroxyl groups excluding tert-OH is 8. The second-order valence-corrected chi connectivity index (χ2v) is 23.7. The van der Waals surface area contributed by atoms with Crippen LogP contribution in [0.5, 0.6) is 0 Å². The van der Waals surface area contributed by atoms with E-state index in [0.29, 0.717) is 31.3 Å². The van der Waals surface area contributed by atoms with E-state index in [0.717, 1.165) is 5.57 Å². The number of aliphatic carboxylic acids is 1. The number of hydrogen-bond acceptors (Lipinski definition) is 19. The van der Waals surface area contributed by atoms with Gasteiger partial charge in [-0.25, -0.2) is 9.59 Å². The standard InChI is InChI=1S/C52H80O20/c1-12-23(3)42(63)71-39-40(72-43(64)24(4)13-2)52(22-53)27(19-47(39,5)6)26-14-15-29-48(7)17-16-25(18-30(48)49(8,46(65)66-11)21-50(29,9)51(26,10)37(59)38(52)60)68-45-34(58)35(33(57)36(70-45)41(61)62)69-44-32(56)31(55)28(54)20-67-44/h12,14,24-25,27-40,44-45,53-60H,13,15-22H2,1-11H3,(H,61,62)/b23-12-/t24-,25+,27+,28+,29-,30+,31+,32-,33+,34-,35+,36+,37+,38-,39+,40+,44+,45-,48-,49+,50-,51+,52+/m1/s1. The number of fused-ring (bicyclic) bond motifs is 7. The average molecular weight is 1030 g/mol. The molecule has 5 aliphatic carbocycles. The van der Waals surface area contributed by atoms with Crippen LogP contribution in [0.2, 0.25) is 0 Å². The number of carboxylic acids is 1. The van der Waals surface area contributed by atoms with Crippen LogP contribution < -0.4 is 0 Å². The van der Waals surface area contributed by atoms with Gasteiger partial charge < -0.3 is 79.1 Å². The van der Waals surface area contributed by atoms with Gasteiger partial charge in [0.05, 0.1) is 55.4 Å². The van der Waals surface area contributed by atoms with E-state index in [1.54, 1.807) is 26.8 Å². The molecule has 7 aliphatic rings. The Morgan fingerprint density at radius 1 is 0.875 bits per heavy atom. The average Bonchev–Trinajstić information content (AvgIpc) is 3.33. The van der Waals surface area contributed by atoms with Crippen molar-refractivity contribution in [1.82, 2.24) is 0 Å². The molecule has 0 aromatic heterocycles. The Balaban J connectivity index is 1.25. The Labute approximate surface area is 421 Å². The van der Waals surface area contributed by atoms with E-state index in [1.807, 2.05) is 41.5 Å². The number of hydrogen-bond donors (Lipinski definition) is 9. The van der Waals surface area contributed by atoms with E-state index < -0.39 is 173 Å². The monoisotopic (exact) mass is 1020 g/mol. The van der Waals surface area contributed by atoms with Gasteiger partial charge in [0.2, 0.25) is 0 Å². The fourth-order valence-electron chi connectivity index (χ4n) is 15.0. The third kappa shape index (κ3) is 8.58. The van der Waals surface area contributed by atoms with Crippen molar-refractivity contribution in [1.29, 1.82) is 0 Å². The molecule has 2 saturated heterocycles. The molecule has 20 heteroatoms. The molecule has 6 fully saturated rings. The van der Waals surface area contributed by atoms with E-state index in [-0.39, 0.29) is 25.2 Å². The molecule has 0 amide bonds. The molecule has 23 atom stereocenters. The summed E-state index contributed by atoms with van der Waals surface area (Å²) in [5.74, 6) is -5.49. The topological polar surface area (TPSA) is 315 Å². The maximum atomic E-state index is 14.6. The highest BCUT2D eigenvalue weighted by atomic mass is 16.7. The maximum absolute atomic E-state index is 14.6. The lowest BCUT2D eigenvalue weighted by Crippen LogP contribution is -2.77. The van der Waals surface area contributed by atoms with Gasteiger partial charge >= 0.3 is 23.9 Å². The summed E-state index contributed by atoms with van der Waals surface area (Å²) in [5.41, 5.74) is -5.90. The van der Waals surface area contributed by atoms with Crippen LogP contribution in [-0.4, -0.2) is 176 Å². The molecule has 72 heavy (non-hydrogen) atoms. The number of carbonyl (C=O) groups excluding carboxylic acids is 3. The minimum atomic E-state index is -2.00. The van der Waals surface area contributed by atoms with Gasteiger partial charge in [-0.2, -0.15) is 0 Å². The molecule has 4 saturated carbocycles. The van der Waals surface area contributed by atoms with Crippen LogP contribution in [0, 0.1) is 56.2 Å². The zero-order valence-electron chi connectivity index (χ0n) is 43.4. The number of ether oxygens (including phenoxy) is 7. The number of allylic oxidation sites excluding steroid dienone is 2. The summed E-state index contributed by atoms with van der Waals surface area (Å²) in [5, 5.41) is 101. The number of carbonyl (C=O) groups is 4. The molecule has 0 unspecified atom stereocenters. The molecule has 0 bridgehead atoms. The summed E-state index contributed by atoms with van der Waals surface area (Å²) >= 11 is 0. The van der Waals surface area contributed by atoms with E-state index in [9.17, 15) is 65.1 Å². The molecule has 0 aromatic rings. The summed E-state index contributed by atoms with van der Waals surface area (Å²) in [6.07, 6.45) is -16.8. The van der Waals surface area contributed by atoms with Crippen LogP contribution in [0.4, 0.5) is 0 Å². The van der Waals surface area contributed by atoms with Gasteiger partial charge in [-0.15, -0.1) is 0 Å². The lowest BCUT2D eigenvalue weighted by Gasteiger charge is -2.74. The SMILES string of the molecule is C/C=C(/C)C(=O)O[C@H]1[C@H](OC(=O)[C@H](C)CC)[C@]2(CO)[C@H](O)[C@H](O)[C@]3(C)C(=CC[C@@H]4[C@@]5(C)CC[C@H](O[C@@H]6O[C@H](C(=O)O)[C@@H](O)[C@H](O[C@@H]7OC[C@H](O)[C@H](O)[C@H]7O)[C@H]6O)C[C@@H]5[C@@](C)(C(=O)OC)C[C@]43C)[C@@H]2CC1(C)C. The van der Waals surface area contributed by atoms with Gasteiger partial charge in [-0.05, 0) is 94.3 Å². The fraction of sp³-hybridized carbons (Fsp3) is 0.846. The van der Waals surface area contributed by atoms with E-state index in [1.165, 1.54) is 7.11 Å². The normalized spacial score (nSPS) is 48.3. The summed E-state index contributed by atoms with van der Waals surface area (Å²) in [6.45, 7) is 17.2. The van der Waals surface area contributed by atoms with Crippen molar-refractivity contribution < 1.29 is 98.3 Å². The second-order valence-electron chi connectivity index (χ2n) is 23.7. The number of carboxylic acid groups (broad SMARTS) is 1. The third-order valence-electron chi connectivity index (χ3n) is 19.5. The summed E-state index contributed by atoms with van der Waals surface area (Å²) in [6, 6.07) is 0. The minimum absolute atomic E-state index is 0.134. The quantitative estimate of drug-likeness (QED) is 0.0441. The maximum Gasteiger partial charge on any atom is 0.335 e. The number of rotatable bonds is 12. The lowest BCUT2D eigenvalue weighted by atomic mass is 9.31. The smallest absolute Gasteiger partial charge is 0.335 e. The van der Waals surface area contributed by atoms with E-state index in [4.69, 9.17) is 33.2 Å². The summed E-state index contributed by atoms with van der Waals surface area (Å²) in [7, 11) is 1.29. The molecule has 2 heterocycles. The lowest BCUT2D eigenvalue weighted by molar-refractivity contribution is -0.352. The van der Waals surface area contributed by atoms with Gasteiger partial charge in [0.1, 0.15) is 42.7 Å². The predicted molar refractivity (Wildman–Crippen MR) is 250 cm³/mol. The molecule has 0 radical (unpaired) electrons. The summed E-state index contributed by atoms with van der Waals surface area (Å²) in [4.78, 5) is 54.5. The van der Waals surface area contributed by atoms with Crippen LogP contribution in [0.15, 0.2) is 23.3 Å². The van der Waals surface area contributed by atoms with Crippen LogP contribution in [-0.2, 0) is 52.3 Å². The highest BCUT2D eigenvalue weighted by Gasteiger charge is 2.78. The Bertz CT molecular complexity index is 2130. The van der Waals surface area contributed by atoms with Gasteiger partial charge in [-0.1, -0.05) is 66.2 Å². The molecule has 0 aromatic carbocycles. The summed E-state index contributed by atoms with van der Waals surface area (Å²) < 4.78 is 41.3. The van der Waals surface area contributed by atoms with E-state index >= 15 is 0 Å². The Morgan fingerprint density at radius 3 is 2.14 bits per heavy atom. The molecule has 9 N–H and O–H groups in total. The highest BCUT2D eigenvalue weighted by molar-refractivity contribution is 5.88. The first-order valence-electron chi connectivity index (χ1n) is 25.5. The van der Waals surface area contributed by atoms with Crippen molar-refractivity contribution in [2.45, 2.75) is 200 Å². The molecule has 7 rings (SSSR count). The van der Waals surface area contributed by atoms with Gasteiger partial charge in [-0.3, -0.25) is 9.59 Å². The van der Waals surface area contributed by atoms with Crippen molar-refractivity contribution in [2.75, 3.05) is 20.3 Å². The molecular weight excluding hydrogens is 945 g/mol. The number of esters is 3. The zero-order chi connectivity index (χ0) is 53.6. The first-order chi connectivity index (χ1) is 33.5. The van der Waals surface area contributed by atoms with Crippen LogP contribution in [0.3, 0.4) is 0 Å². The molecule has 408 valence electrons. The van der Waals surface area contributed by atoms with Gasteiger partial charge in [0, 0.05) is 16.4 Å². The first kappa shape index (κ1) is 56.6. The fourth-order valence-corrected chi connectivity index (χ4v) is 15.0. The van der Waals surface area contributed by atoms with Crippen molar-refractivity contribution in [3.8, 4) is 0 Å². The van der Waals surface area contributed by atoms with Crippen LogP contribution >= 0.6 is 0 Å². The molecular formula is C52H80O20. The van der Waals surface area contributed by atoms with Gasteiger partial charge in [0.15, 0.2) is 24.8 Å². The highest BCUT2D eigenvalue weighted by Crippen LogP contribution is 2.77. The van der Waals surface area contributed by atoms with Gasteiger partial charge in [0.25, 0.3) is 0 Å². The van der Waals surface area contributed by atoms with Crippen LogP contribution in [0.1, 0.15) is 114 Å². The van der Waals surface area contributed by atoms with Crippen LogP contribution in [0.25, 0.3) is 0 Å². The Hall–Kier alpha value is -3.12. The minimum Gasteiger partial charge on any atom is -0.479 e. The Morgan fingerprint density at radius 2 is 1.54 bits per heavy atom. The molecule has 2 aliphatic heterocycles. The number of aliphatic hydroxyl groups is 8. The van der Waals surface area contributed by atoms with Crippen molar-refractivity contribution in [3.63, 3.8) is 0 Å². The zero-order valence-corrected chi connectivity index (χ0v) is 43.4. The molecule has 0 spiro atoms. The molecule has 20 nitrogen and oxygen atoms in total. The first-order valence-corrected chi connectivity index (χ1v) is 25.5. The van der Waals surface area contributed by atoms with Crippen molar-refractivity contribution >= 4 is 23.9 Å². The largest absolute Gasteiger partial charge is 0.479 e. The second kappa shape index (κ2) is 20.1. The Kier molecular flexibility index (Phi) is 15.8. The van der Waals surface area contributed by atoms with E-state index in [2.05, 4.69) is 13.0 Å². The van der Waals surface area contributed by atoms with Crippen molar-refractivity contribution in [2.24, 2.45) is 56.2 Å².